The molecule has 6 heteroatoms. The third-order valence-corrected chi connectivity index (χ3v) is 4.49. The zero-order valence-electron chi connectivity index (χ0n) is 11.4. The molecule has 0 spiro atoms. The maximum atomic E-state index is 4.11. The number of tetrazole rings is 1. The smallest absolute Gasteiger partial charge is 0.187 e. The fourth-order valence-corrected chi connectivity index (χ4v) is 3.03. The van der Waals surface area contributed by atoms with Gasteiger partial charge in [-0.2, -0.15) is 4.68 Å². The molecule has 0 saturated carbocycles. The van der Waals surface area contributed by atoms with E-state index in [4.69, 9.17) is 0 Å². The first-order valence-corrected chi connectivity index (χ1v) is 8.23. The number of aryl methyl sites for hydroxylation is 1. The highest BCUT2D eigenvalue weighted by Gasteiger charge is 2.09. The van der Waals surface area contributed by atoms with Crippen molar-refractivity contribution >= 4 is 27.7 Å². The standard InChI is InChI=1S/C15H13BrN4S/c1-11-3-2-4-14(9-11)20-15(17-18-19-20)21-10-12-5-7-13(16)8-6-12/h2-9H,10H2,1H3. The van der Waals surface area contributed by atoms with Crippen LogP contribution in [0, 0.1) is 6.92 Å². The van der Waals surface area contributed by atoms with Crippen molar-refractivity contribution in [2.45, 2.75) is 17.8 Å². The lowest BCUT2D eigenvalue weighted by Crippen LogP contribution is -1.99. The highest BCUT2D eigenvalue weighted by atomic mass is 79.9. The van der Waals surface area contributed by atoms with Crippen molar-refractivity contribution in [1.82, 2.24) is 20.2 Å². The van der Waals surface area contributed by atoms with Crippen LogP contribution in [0.5, 0.6) is 0 Å². The monoisotopic (exact) mass is 360 g/mol. The van der Waals surface area contributed by atoms with E-state index in [1.807, 2.05) is 24.3 Å². The van der Waals surface area contributed by atoms with Gasteiger partial charge in [-0.3, -0.25) is 0 Å². The third-order valence-electron chi connectivity index (χ3n) is 2.97. The highest BCUT2D eigenvalue weighted by Crippen LogP contribution is 2.23. The van der Waals surface area contributed by atoms with Gasteiger partial charge < -0.3 is 0 Å². The van der Waals surface area contributed by atoms with Crippen LogP contribution in [0.25, 0.3) is 5.69 Å². The van der Waals surface area contributed by atoms with Gasteiger partial charge in [-0.25, -0.2) is 0 Å². The molecule has 0 amide bonds. The van der Waals surface area contributed by atoms with E-state index in [2.05, 4.69) is 62.6 Å². The normalized spacial score (nSPS) is 10.8. The molecular formula is C15H13BrN4S. The molecule has 0 aliphatic heterocycles. The van der Waals surface area contributed by atoms with Gasteiger partial charge in [0.05, 0.1) is 5.69 Å². The summed E-state index contributed by atoms with van der Waals surface area (Å²) in [5.41, 5.74) is 3.41. The number of hydrogen-bond acceptors (Lipinski definition) is 4. The van der Waals surface area contributed by atoms with E-state index in [-0.39, 0.29) is 0 Å². The maximum Gasteiger partial charge on any atom is 0.214 e. The minimum atomic E-state index is 0.795. The Labute approximate surface area is 135 Å². The second-order valence-electron chi connectivity index (χ2n) is 4.63. The summed E-state index contributed by atoms with van der Waals surface area (Å²) in [5, 5.41) is 12.8. The first kappa shape index (κ1) is 14.3. The van der Waals surface area contributed by atoms with E-state index in [1.54, 1.807) is 16.4 Å². The molecule has 0 unspecified atom stereocenters. The van der Waals surface area contributed by atoms with Crippen molar-refractivity contribution in [2.75, 3.05) is 0 Å². The van der Waals surface area contributed by atoms with Crippen molar-refractivity contribution in [1.29, 1.82) is 0 Å². The molecule has 106 valence electrons. The molecule has 0 radical (unpaired) electrons. The van der Waals surface area contributed by atoms with E-state index in [1.165, 1.54) is 11.1 Å². The lowest BCUT2D eigenvalue weighted by molar-refractivity contribution is 0.755. The molecule has 3 aromatic rings. The Morgan fingerprint density at radius 3 is 2.71 bits per heavy atom. The lowest BCUT2D eigenvalue weighted by atomic mass is 10.2. The van der Waals surface area contributed by atoms with Crippen LogP contribution in [0.3, 0.4) is 0 Å². The summed E-state index contributed by atoms with van der Waals surface area (Å²) in [7, 11) is 0. The number of benzene rings is 2. The van der Waals surface area contributed by atoms with Crippen molar-refractivity contribution in [3.8, 4) is 5.69 Å². The molecule has 1 aromatic heterocycles. The minimum absolute atomic E-state index is 0.795. The fraction of sp³-hybridized carbons (Fsp3) is 0.133. The molecule has 1 heterocycles. The molecule has 0 saturated heterocycles. The average molecular weight is 361 g/mol. The lowest BCUT2D eigenvalue weighted by Gasteiger charge is -2.05. The third kappa shape index (κ3) is 3.51. The van der Waals surface area contributed by atoms with E-state index < -0.39 is 0 Å². The number of rotatable bonds is 4. The summed E-state index contributed by atoms with van der Waals surface area (Å²) in [6, 6.07) is 16.4. The largest absolute Gasteiger partial charge is 0.214 e. The summed E-state index contributed by atoms with van der Waals surface area (Å²) in [5.74, 6) is 0.833. The summed E-state index contributed by atoms with van der Waals surface area (Å²) >= 11 is 5.07. The molecule has 0 N–H and O–H groups in total. The quantitative estimate of drug-likeness (QED) is 0.659. The van der Waals surface area contributed by atoms with Gasteiger partial charge in [-0.15, -0.1) is 5.10 Å². The van der Waals surface area contributed by atoms with Gasteiger partial charge >= 0.3 is 0 Å². The summed E-state index contributed by atoms with van der Waals surface area (Å²) in [6.45, 7) is 2.06. The molecule has 0 atom stereocenters. The minimum Gasteiger partial charge on any atom is -0.187 e. The van der Waals surface area contributed by atoms with Crippen LogP contribution in [0.2, 0.25) is 0 Å². The zero-order valence-corrected chi connectivity index (χ0v) is 13.8. The molecule has 21 heavy (non-hydrogen) atoms. The molecule has 3 rings (SSSR count). The average Bonchev–Trinajstić information content (AvgIpc) is 2.95. The Hall–Kier alpha value is -1.66. The predicted octanol–water partition coefficient (Wildman–Crippen LogP) is 4.03. The SMILES string of the molecule is Cc1cccc(-n2nnnc2SCc2ccc(Br)cc2)c1. The molecule has 0 aliphatic rings. The van der Waals surface area contributed by atoms with Crippen LogP contribution in [-0.2, 0) is 5.75 Å². The van der Waals surface area contributed by atoms with Crippen molar-refractivity contribution in [2.24, 2.45) is 0 Å². The van der Waals surface area contributed by atoms with Crippen molar-refractivity contribution in [3.05, 3.63) is 64.1 Å². The molecule has 0 aliphatic carbocycles. The Morgan fingerprint density at radius 1 is 1.14 bits per heavy atom. The Morgan fingerprint density at radius 2 is 1.95 bits per heavy atom. The first-order chi connectivity index (χ1) is 10.2. The Bertz CT molecular complexity index is 739. The molecule has 0 fully saturated rings. The summed E-state index contributed by atoms with van der Waals surface area (Å²) in [6.07, 6.45) is 0. The van der Waals surface area contributed by atoms with Crippen LogP contribution >= 0.6 is 27.7 Å². The van der Waals surface area contributed by atoms with Gasteiger partial charge in [0.1, 0.15) is 0 Å². The second-order valence-corrected chi connectivity index (χ2v) is 6.49. The molecule has 4 nitrogen and oxygen atoms in total. The van der Waals surface area contributed by atoms with Gasteiger partial charge in [-0.05, 0) is 52.7 Å². The summed E-state index contributed by atoms with van der Waals surface area (Å²) in [4.78, 5) is 0. The topological polar surface area (TPSA) is 43.6 Å². The Kier molecular flexibility index (Phi) is 4.36. The number of hydrogen-bond donors (Lipinski definition) is 0. The van der Waals surface area contributed by atoms with Gasteiger partial charge in [0.25, 0.3) is 0 Å². The van der Waals surface area contributed by atoms with Crippen molar-refractivity contribution in [3.63, 3.8) is 0 Å². The highest BCUT2D eigenvalue weighted by molar-refractivity contribution is 9.10. The number of aromatic nitrogens is 4. The first-order valence-electron chi connectivity index (χ1n) is 6.45. The molecule has 2 aromatic carbocycles. The second kappa shape index (κ2) is 6.41. The number of nitrogens with zero attached hydrogens (tertiary/aromatic N) is 4. The van der Waals surface area contributed by atoms with Crippen LogP contribution in [0.15, 0.2) is 58.2 Å². The van der Waals surface area contributed by atoms with E-state index >= 15 is 0 Å². The van der Waals surface area contributed by atoms with Gasteiger partial charge in [0.15, 0.2) is 0 Å². The van der Waals surface area contributed by atoms with Gasteiger partial charge in [0.2, 0.25) is 5.16 Å². The maximum absolute atomic E-state index is 4.11. The number of thioether (sulfide) groups is 1. The van der Waals surface area contributed by atoms with Gasteiger partial charge in [-0.1, -0.05) is 52.0 Å². The predicted molar refractivity (Wildman–Crippen MR) is 87.6 cm³/mol. The van der Waals surface area contributed by atoms with Crippen molar-refractivity contribution < 1.29 is 0 Å². The Balaban J connectivity index is 1.78. The summed E-state index contributed by atoms with van der Waals surface area (Å²) < 4.78 is 2.86. The molecular weight excluding hydrogens is 348 g/mol. The van der Waals surface area contributed by atoms with Crippen LogP contribution in [0.4, 0.5) is 0 Å². The van der Waals surface area contributed by atoms with Crippen LogP contribution in [-0.4, -0.2) is 20.2 Å². The van der Waals surface area contributed by atoms with E-state index in [9.17, 15) is 0 Å². The zero-order chi connectivity index (χ0) is 14.7. The van der Waals surface area contributed by atoms with E-state index in [0.717, 1.165) is 21.1 Å². The molecule has 0 bridgehead atoms. The van der Waals surface area contributed by atoms with E-state index in [0.29, 0.717) is 0 Å². The van der Waals surface area contributed by atoms with Crippen LogP contribution in [0.1, 0.15) is 11.1 Å². The van der Waals surface area contributed by atoms with Gasteiger partial charge in [0, 0.05) is 10.2 Å². The number of halogens is 1. The van der Waals surface area contributed by atoms with Crippen LogP contribution < -0.4 is 0 Å². The fourth-order valence-electron chi connectivity index (χ4n) is 1.92.